The number of carbonyl (C=O) groups is 1. The molecule has 2 N–H and O–H groups in total. The SMILES string of the molecule is CS(=O)(=O)Nc1ccccc1NC(=O)c1cc(Cl)sc1Cl. The van der Waals surface area contributed by atoms with Gasteiger partial charge in [-0.25, -0.2) is 8.42 Å². The first-order valence-corrected chi connectivity index (χ1v) is 9.05. The van der Waals surface area contributed by atoms with Gasteiger partial charge in [0.2, 0.25) is 10.0 Å². The van der Waals surface area contributed by atoms with Crippen molar-refractivity contribution < 1.29 is 13.2 Å². The monoisotopic (exact) mass is 364 g/mol. The molecular weight excluding hydrogens is 355 g/mol. The molecule has 1 aromatic heterocycles. The van der Waals surface area contributed by atoms with Crippen molar-refractivity contribution in [3.63, 3.8) is 0 Å². The lowest BCUT2D eigenvalue weighted by Gasteiger charge is -2.11. The Hall–Kier alpha value is -1.28. The topological polar surface area (TPSA) is 75.3 Å². The Bertz CT molecular complexity index is 788. The number of anilines is 2. The van der Waals surface area contributed by atoms with Crippen molar-refractivity contribution >= 4 is 61.8 Å². The highest BCUT2D eigenvalue weighted by atomic mass is 35.5. The van der Waals surface area contributed by atoms with Gasteiger partial charge in [0.05, 0.1) is 27.5 Å². The summed E-state index contributed by atoms with van der Waals surface area (Å²) in [6, 6.07) is 7.89. The Morgan fingerprint density at radius 1 is 1.19 bits per heavy atom. The minimum atomic E-state index is -3.45. The maximum atomic E-state index is 12.1. The van der Waals surface area contributed by atoms with Crippen LogP contribution in [-0.4, -0.2) is 20.6 Å². The summed E-state index contributed by atoms with van der Waals surface area (Å²) in [7, 11) is -3.45. The first-order chi connectivity index (χ1) is 9.76. The number of hydrogen-bond acceptors (Lipinski definition) is 4. The van der Waals surface area contributed by atoms with E-state index >= 15 is 0 Å². The first kappa shape index (κ1) is 16.1. The first-order valence-electron chi connectivity index (χ1n) is 5.59. The highest BCUT2D eigenvalue weighted by molar-refractivity contribution is 7.92. The summed E-state index contributed by atoms with van der Waals surface area (Å²) in [4.78, 5) is 12.1. The van der Waals surface area contributed by atoms with Crippen LogP contribution < -0.4 is 10.0 Å². The van der Waals surface area contributed by atoms with Gasteiger partial charge in [-0.2, -0.15) is 0 Å². The summed E-state index contributed by atoms with van der Waals surface area (Å²) in [6.07, 6.45) is 1.03. The van der Waals surface area contributed by atoms with Gasteiger partial charge in [0, 0.05) is 0 Å². The average molecular weight is 365 g/mol. The lowest BCUT2D eigenvalue weighted by Crippen LogP contribution is -2.15. The molecule has 0 bridgehead atoms. The molecule has 0 aliphatic rings. The number of nitrogens with one attached hydrogen (secondary N) is 2. The van der Waals surface area contributed by atoms with Crippen LogP contribution in [0, 0.1) is 0 Å². The molecule has 1 amide bonds. The standard InChI is InChI=1S/C12H10Cl2N2O3S2/c1-21(18,19)16-9-5-3-2-4-8(9)15-12(17)7-6-10(13)20-11(7)14/h2-6,16H,1H3,(H,15,17). The van der Waals surface area contributed by atoms with Crippen LogP contribution in [0.3, 0.4) is 0 Å². The van der Waals surface area contributed by atoms with E-state index in [4.69, 9.17) is 23.2 Å². The van der Waals surface area contributed by atoms with E-state index in [1.54, 1.807) is 24.3 Å². The quantitative estimate of drug-likeness (QED) is 0.868. The second kappa shape index (κ2) is 6.23. The molecule has 0 atom stereocenters. The molecule has 0 aliphatic heterocycles. The molecule has 0 fully saturated rings. The lowest BCUT2D eigenvalue weighted by molar-refractivity contribution is 0.102. The smallest absolute Gasteiger partial charge is 0.258 e. The van der Waals surface area contributed by atoms with Crippen LogP contribution in [0.5, 0.6) is 0 Å². The summed E-state index contributed by atoms with van der Waals surface area (Å²) < 4.78 is 25.6. The number of benzene rings is 1. The van der Waals surface area contributed by atoms with E-state index in [1.807, 2.05) is 0 Å². The second-order valence-corrected chi connectivity index (χ2v) is 8.15. The van der Waals surface area contributed by atoms with Crippen LogP contribution in [0.1, 0.15) is 10.4 Å². The van der Waals surface area contributed by atoms with Gasteiger partial charge in [0.15, 0.2) is 0 Å². The molecule has 0 radical (unpaired) electrons. The van der Waals surface area contributed by atoms with E-state index < -0.39 is 15.9 Å². The van der Waals surface area contributed by atoms with Gasteiger partial charge in [-0.15, -0.1) is 11.3 Å². The van der Waals surface area contributed by atoms with Crippen LogP contribution in [0.15, 0.2) is 30.3 Å². The van der Waals surface area contributed by atoms with E-state index in [9.17, 15) is 13.2 Å². The zero-order chi connectivity index (χ0) is 15.6. The second-order valence-electron chi connectivity index (χ2n) is 4.11. The van der Waals surface area contributed by atoms with E-state index in [-0.39, 0.29) is 15.6 Å². The molecule has 112 valence electrons. The summed E-state index contributed by atoms with van der Waals surface area (Å²) in [5.74, 6) is -0.467. The van der Waals surface area contributed by atoms with E-state index in [0.717, 1.165) is 17.6 Å². The molecule has 0 saturated heterocycles. The molecule has 1 heterocycles. The van der Waals surface area contributed by atoms with Crippen molar-refractivity contribution in [3.05, 3.63) is 44.6 Å². The molecule has 0 unspecified atom stereocenters. The molecular formula is C12H10Cl2N2O3S2. The number of halogens is 2. The van der Waals surface area contributed by atoms with Gasteiger partial charge >= 0.3 is 0 Å². The maximum Gasteiger partial charge on any atom is 0.258 e. The number of amides is 1. The van der Waals surface area contributed by atoms with E-state index in [0.29, 0.717) is 10.0 Å². The Labute approximate surface area is 135 Å². The number of thiophene rings is 1. The van der Waals surface area contributed by atoms with Crippen molar-refractivity contribution in [1.29, 1.82) is 0 Å². The number of para-hydroxylation sites is 2. The predicted octanol–water partition coefficient (Wildman–Crippen LogP) is 3.68. The highest BCUT2D eigenvalue weighted by Crippen LogP contribution is 2.32. The van der Waals surface area contributed by atoms with Crippen molar-refractivity contribution in [2.75, 3.05) is 16.3 Å². The molecule has 0 aliphatic carbocycles. The molecule has 21 heavy (non-hydrogen) atoms. The molecule has 0 spiro atoms. The number of sulfonamides is 1. The van der Waals surface area contributed by atoms with Crippen molar-refractivity contribution in [3.8, 4) is 0 Å². The van der Waals surface area contributed by atoms with Gasteiger partial charge in [0.25, 0.3) is 5.91 Å². The predicted molar refractivity (Wildman–Crippen MR) is 87.2 cm³/mol. The van der Waals surface area contributed by atoms with Crippen LogP contribution in [0.25, 0.3) is 0 Å². The minimum Gasteiger partial charge on any atom is -0.320 e. The van der Waals surface area contributed by atoms with Crippen molar-refractivity contribution in [2.45, 2.75) is 0 Å². The molecule has 2 rings (SSSR count). The number of hydrogen-bond donors (Lipinski definition) is 2. The van der Waals surface area contributed by atoms with Gasteiger partial charge in [-0.05, 0) is 18.2 Å². The minimum absolute atomic E-state index is 0.237. The zero-order valence-electron chi connectivity index (χ0n) is 10.7. The fraction of sp³-hybridized carbons (Fsp3) is 0.0833. The summed E-state index contributed by atoms with van der Waals surface area (Å²) in [5, 5.41) is 2.60. The summed E-state index contributed by atoms with van der Waals surface area (Å²) in [5.41, 5.74) is 0.831. The van der Waals surface area contributed by atoms with Crippen molar-refractivity contribution in [1.82, 2.24) is 0 Å². The Morgan fingerprint density at radius 3 is 2.33 bits per heavy atom. The molecule has 1 aromatic carbocycles. The maximum absolute atomic E-state index is 12.1. The summed E-state index contributed by atoms with van der Waals surface area (Å²) >= 11 is 12.8. The normalized spacial score (nSPS) is 11.2. The highest BCUT2D eigenvalue weighted by Gasteiger charge is 2.16. The van der Waals surface area contributed by atoms with Crippen LogP contribution in [0.4, 0.5) is 11.4 Å². The third-order valence-electron chi connectivity index (χ3n) is 2.37. The Kier molecular flexibility index (Phi) is 4.77. The average Bonchev–Trinajstić information content (AvgIpc) is 2.69. The molecule has 9 heteroatoms. The zero-order valence-corrected chi connectivity index (χ0v) is 13.8. The van der Waals surface area contributed by atoms with Crippen LogP contribution in [0.2, 0.25) is 8.67 Å². The fourth-order valence-electron chi connectivity index (χ4n) is 1.57. The lowest BCUT2D eigenvalue weighted by atomic mass is 10.2. The van der Waals surface area contributed by atoms with Gasteiger partial charge in [-0.1, -0.05) is 35.3 Å². The third-order valence-corrected chi connectivity index (χ3v) is 4.45. The largest absolute Gasteiger partial charge is 0.320 e. The van der Waals surface area contributed by atoms with Crippen molar-refractivity contribution in [2.24, 2.45) is 0 Å². The fourth-order valence-corrected chi connectivity index (χ4v) is 3.60. The van der Waals surface area contributed by atoms with Crippen LogP contribution >= 0.6 is 34.5 Å². The molecule has 0 saturated carbocycles. The van der Waals surface area contributed by atoms with Gasteiger partial charge < -0.3 is 5.32 Å². The Morgan fingerprint density at radius 2 is 1.81 bits per heavy atom. The van der Waals surface area contributed by atoms with Crippen LogP contribution in [-0.2, 0) is 10.0 Å². The Balaban J connectivity index is 2.28. The third kappa shape index (κ3) is 4.34. The molecule has 2 aromatic rings. The molecule has 5 nitrogen and oxygen atoms in total. The van der Waals surface area contributed by atoms with E-state index in [1.165, 1.54) is 6.07 Å². The number of rotatable bonds is 4. The number of carbonyl (C=O) groups excluding carboxylic acids is 1. The van der Waals surface area contributed by atoms with E-state index in [2.05, 4.69) is 10.0 Å². The van der Waals surface area contributed by atoms with Gasteiger partial charge in [0.1, 0.15) is 4.34 Å². The van der Waals surface area contributed by atoms with Gasteiger partial charge in [-0.3, -0.25) is 9.52 Å². The summed E-state index contributed by atoms with van der Waals surface area (Å²) in [6.45, 7) is 0.